The van der Waals surface area contributed by atoms with Gasteiger partial charge in [-0.3, -0.25) is 4.98 Å². The summed E-state index contributed by atoms with van der Waals surface area (Å²) in [6.45, 7) is 0. The molecule has 2 aromatic rings. The van der Waals surface area contributed by atoms with Crippen molar-refractivity contribution in [1.29, 1.82) is 0 Å². The van der Waals surface area contributed by atoms with Crippen LogP contribution < -0.4 is 5.32 Å². The van der Waals surface area contributed by atoms with Gasteiger partial charge in [-0.2, -0.15) is 0 Å². The first kappa shape index (κ1) is 11.7. The number of rotatable bonds is 3. The lowest BCUT2D eigenvalue weighted by Gasteiger charge is -2.23. The maximum Gasteiger partial charge on any atom is 0.0705 e. The smallest absolute Gasteiger partial charge is 0.0705 e. The molecule has 1 unspecified atom stereocenters. The van der Waals surface area contributed by atoms with Crippen molar-refractivity contribution in [2.24, 2.45) is 5.92 Å². The van der Waals surface area contributed by atoms with Crippen LogP contribution in [0.3, 0.4) is 0 Å². The second-order valence-corrected chi connectivity index (χ2v) is 5.27. The molecule has 1 heterocycles. The minimum Gasteiger partial charge on any atom is -0.313 e. The Morgan fingerprint density at radius 3 is 2.83 bits per heavy atom. The Hall–Kier alpha value is -1.41. The molecule has 1 aliphatic carbocycles. The molecule has 18 heavy (non-hydrogen) atoms. The molecule has 1 saturated carbocycles. The predicted molar refractivity (Wildman–Crippen MR) is 75.5 cm³/mol. The molecule has 0 bridgehead atoms. The van der Waals surface area contributed by atoms with Crippen molar-refractivity contribution >= 4 is 10.9 Å². The highest BCUT2D eigenvalue weighted by atomic mass is 14.9. The lowest BCUT2D eigenvalue weighted by molar-refractivity contribution is 0.390. The van der Waals surface area contributed by atoms with Crippen LogP contribution in [0.25, 0.3) is 10.9 Å². The molecule has 0 amide bonds. The van der Waals surface area contributed by atoms with Gasteiger partial charge in [0.1, 0.15) is 0 Å². The lowest BCUT2D eigenvalue weighted by Crippen LogP contribution is -2.23. The fourth-order valence-electron chi connectivity index (χ4n) is 3.24. The number of nitrogens with one attached hydrogen (secondary N) is 1. The van der Waals surface area contributed by atoms with Gasteiger partial charge in [-0.1, -0.05) is 31.0 Å². The molecule has 1 N–H and O–H groups in total. The number of nitrogens with zero attached hydrogens (tertiary/aromatic N) is 1. The van der Waals surface area contributed by atoms with Crippen molar-refractivity contribution in [2.45, 2.75) is 31.7 Å². The Morgan fingerprint density at radius 1 is 1.22 bits per heavy atom. The third-order valence-corrected chi connectivity index (χ3v) is 4.17. The number of fused-ring (bicyclic) bond motifs is 1. The minimum absolute atomic E-state index is 0.485. The van der Waals surface area contributed by atoms with E-state index in [9.17, 15) is 0 Å². The van der Waals surface area contributed by atoms with Crippen molar-refractivity contribution in [3.05, 3.63) is 42.1 Å². The minimum atomic E-state index is 0.485. The molecule has 2 heteroatoms. The first-order chi connectivity index (χ1) is 8.88. The van der Waals surface area contributed by atoms with Gasteiger partial charge in [-0.25, -0.2) is 0 Å². The van der Waals surface area contributed by atoms with E-state index in [1.807, 2.05) is 12.3 Å². The topological polar surface area (TPSA) is 24.9 Å². The van der Waals surface area contributed by atoms with Gasteiger partial charge in [0.15, 0.2) is 0 Å². The molecule has 1 fully saturated rings. The van der Waals surface area contributed by atoms with E-state index >= 15 is 0 Å². The molecule has 1 aromatic carbocycles. The van der Waals surface area contributed by atoms with E-state index in [4.69, 9.17) is 0 Å². The van der Waals surface area contributed by atoms with Gasteiger partial charge in [0.2, 0.25) is 0 Å². The number of pyridine rings is 1. The summed E-state index contributed by atoms with van der Waals surface area (Å²) < 4.78 is 0. The first-order valence-corrected chi connectivity index (χ1v) is 6.90. The van der Waals surface area contributed by atoms with Crippen molar-refractivity contribution in [3.8, 4) is 0 Å². The maximum absolute atomic E-state index is 4.46. The van der Waals surface area contributed by atoms with Crippen LogP contribution in [0.15, 0.2) is 36.5 Å². The van der Waals surface area contributed by atoms with Gasteiger partial charge in [-0.05, 0) is 43.5 Å². The lowest BCUT2D eigenvalue weighted by atomic mass is 9.91. The molecule has 0 radical (unpaired) electrons. The van der Waals surface area contributed by atoms with Gasteiger partial charge in [-0.15, -0.1) is 0 Å². The summed E-state index contributed by atoms with van der Waals surface area (Å²) in [6.07, 6.45) is 7.34. The van der Waals surface area contributed by atoms with Crippen LogP contribution in [-0.4, -0.2) is 12.0 Å². The van der Waals surface area contributed by atoms with Crippen LogP contribution in [-0.2, 0) is 0 Å². The van der Waals surface area contributed by atoms with E-state index in [1.165, 1.54) is 36.6 Å². The molecular weight excluding hydrogens is 220 g/mol. The molecule has 2 nitrogen and oxygen atoms in total. The summed E-state index contributed by atoms with van der Waals surface area (Å²) in [4.78, 5) is 4.46. The van der Waals surface area contributed by atoms with E-state index in [-0.39, 0.29) is 0 Å². The first-order valence-electron chi connectivity index (χ1n) is 6.90. The van der Waals surface area contributed by atoms with E-state index in [2.05, 4.69) is 41.6 Å². The second-order valence-electron chi connectivity index (χ2n) is 5.27. The maximum atomic E-state index is 4.46. The van der Waals surface area contributed by atoms with Crippen LogP contribution in [0.5, 0.6) is 0 Å². The van der Waals surface area contributed by atoms with Crippen LogP contribution in [0.1, 0.15) is 37.3 Å². The summed E-state index contributed by atoms with van der Waals surface area (Å²) >= 11 is 0. The average molecular weight is 240 g/mol. The summed E-state index contributed by atoms with van der Waals surface area (Å²) in [7, 11) is 2.08. The Balaban J connectivity index is 1.96. The number of benzene rings is 1. The summed E-state index contributed by atoms with van der Waals surface area (Å²) in [5.41, 5.74) is 2.49. The molecule has 1 atom stereocenters. The van der Waals surface area contributed by atoms with E-state index in [1.54, 1.807) is 0 Å². The SMILES string of the molecule is CNC(c1ccc2cccnc2c1)C1CCCC1. The second kappa shape index (κ2) is 5.07. The molecule has 3 rings (SSSR count). The summed E-state index contributed by atoms with van der Waals surface area (Å²) in [5, 5.41) is 4.72. The Kier molecular flexibility index (Phi) is 3.28. The monoisotopic (exact) mass is 240 g/mol. The normalized spacial score (nSPS) is 18.3. The Labute approximate surface area is 108 Å². The van der Waals surface area contributed by atoms with E-state index < -0.39 is 0 Å². The van der Waals surface area contributed by atoms with Crippen LogP contribution in [0.2, 0.25) is 0 Å². The van der Waals surface area contributed by atoms with Gasteiger partial charge in [0.25, 0.3) is 0 Å². The Bertz CT molecular complexity index is 529. The number of aromatic nitrogens is 1. The van der Waals surface area contributed by atoms with E-state index in [0.29, 0.717) is 6.04 Å². The van der Waals surface area contributed by atoms with Crippen molar-refractivity contribution in [2.75, 3.05) is 7.05 Å². The number of hydrogen-bond donors (Lipinski definition) is 1. The third-order valence-electron chi connectivity index (χ3n) is 4.17. The largest absolute Gasteiger partial charge is 0.313 e. The molecule has 94 valence electrons. The number of hydrogen-bond acceptors (Lipinski definition) is 2. The quantitative estimate of drug-likeness (QED) is 0.885. The van der Waals surface area contributed by atoms with Crippen molar-refractivity contribution in [3.63, 3.8) is 0 Å². The average Bonchev–Trinajstić information content (AvgIpc) is 2.93. The van der Waals surface area contributed by atoms with Crippen LogP contribution in [0, 0.1) is 5.92 Å². The molecule has 0 saturated heterocycles. The molecule has 0 aliphatic heterocycles. The highest BCUT2D eigenvalue weighted by Crippen LogP contribution is 2.36. The predicted octanol–water partition coefficient (Wildman–Crippen LogP) is 3.69. The van der Waals surface area contributed by atoms with Crippen molar-refractivity contribution < 1.29 is 0 Å². The molecular formula is C16H20N2. The van der Waals surface area contributed by atoms with Crippen LogP contribution in [0.4, 0.5) is 0 Å². The zero-order valence-electron chi connectivity index (χ0n) is 10.9. The van der Waals surface area contributed by atoms with Crippen molar-refractivity contribution in [1.82, 2.24) is 10.3 Å². The third kappa shape index (κ3) is 2.13. The fraction of sp³-hybridized carbons (Fsp3) is 0.438. The molecule has 0 spiro atoms. The van der Waals surface area contributed by atoms with Gasteiger partial charge in [0, 0.05) is 17.6 Å². The highest BCUT2D eigenvalue weighted by molar-refractivity contribution is 5.79. The molecule has 1 aromatic heterocycles. The standard InChI is InChI=1S/C16H20N2/c1-17-16(13-5-2-3-6-13)14-9-8-12-7-4-10-18-15(12)11-14/h4,7-11,13,16-17H,2-3,5-6H2,1H3. The van der Waals surface area contributed by atoms with E-state index in [0.717, 1.165) is 11.4 Å². The summed E-state index contributed by atoms with van der Waals surface area (Å²) in [5.74, 6) is 0.788. The van der Waals surface area contributed by atoms with Crippen LogP contribution >= 0.6 is 0 Å². The highest BCUT2D eigenvalue weighted by Gasteiger charge is 2.25. The van der Waals surface area contributed by atoms with Gasteiger partial charge >= 0.3 is 0 Å². The molecule has 1 aliphatic rings. The zero-order chi connectivity index (χ0) is 12.4. The van der Waals surface area contributed by atoms with Gasteiger partial charge in [0.05, 0.1) is 5.52 Å². The zero-order valence-corrected chi connectivity index (χ0v) is 10.9. The fourth-order valence-corrected chi connectivity index (χ4v) is 3.24. The Morgan fingerprint density at radius 2 is 2.06 bits per heavy atom. The summed E-state index contributed by atoms with van der Waals surface area (Å²) in [6, 6.07) is 11.3. The van der Waals surface area contributed by atoms with Gasteiger partial charge < -0.3 is 5.32 Å².